The largest absolute Gasteiger partial charge is 0.139 e. The lowest BCUT2D eigenvalue weighted by Crippen LogP contribution is -1.91. The smallest absolute Gasteiger partial charge is 0.0749 e. The number of thiophene rings is 1. The minimum absolute atomic E-state index is 0.205. The summed E-state index contributed by atoms with van der Waals surface area (Å²) >= 11 is 12.8. The molecule has 0 amide bonds. The fraction of sp³-hybridized carbons (Fsp3) is 0.0667. The molecule has 0 aliphatic carbocycles. The third-order valence-corrected chi connectivity index (χ3v) is 6.61. The Labute approximate surface area is 141 Å². The summed E-state index contributed by atoms with van der Waals surface area (Å²) in [4.78, 5) is 1.52. The average molecular weight is 461 g/mol. The second-order valence-corrected chi connectivity index (χ2v) is 8.02. The van der Waals surface area contributed by atoms with Gasteiger partial charge in [0.1, 0.15) is 0 Å². The fourth-order valence-electron chi connectivity index (χ4n) is 1.99. The summed E-state index contributed by atoms with van der Waals surface area (Å²) in [6.45, 7) is 0. The number of alkyl halides is 1. The van der Waals surface area contributed by atoms with E-state index in [0.29, 0.717) is 0 Å². The van der Waals surface area contributed by atoms with Gasteiger partial charge in [0.25, 0.3) is 0 Å². The molecule has 1 heterocycles. The molecule has 0 N–H and O–H groups in total. The van der Waals surface area contributed by atoms with Gasteiger partial charge >= 0.3 is 0 Å². The van der Waals surface area contributed by atoms with Crippen molar-refractivity contribution in [1.82, 2.24) is 0 Å². The lowest BCUT2D eigenvalue weighted by atomic mass is 10.1. The molecule has 4 heteroatoms. The standard InChI is InChI=1S/C15H9Br3S/c16-10-5-6-12(17)11(8-10)15(18)14-7-9-3-1-2-4-13(9)19-14/h1-8,15H. The van der Waals surface area contributed by atoms with E-state index in [4.69, 9.17) is 0 Å². The van der Waals surface area contributed by atoms with Crippen molar-refractivity contribution >= 4 is 69.2 Å². The Kier molecular flexibility index (Phi) is 4.13. The van der Waals surface area contributed by atoms with Crippen LogP contribution < -0.4 is 0 Å². The second kappa shape index (κ2) is 5.68. The maximum atomic E-state index is 3.82. The van der Waals surface area contributed by atoms with Crippen molar-refractivity contribution in [3.63, 3.8) is 0 Å². The van der Waals surface area contributed by atoms with Crippen LogP contribution in [0.25, 0.3) is 10.1 Å². The van der Waals surface area contributed by atoms with Gasteiger partial charge in [-0.15, -0.1) is 11.3 Å². The Bertz CT molecular complexity index is 700. The molecule has 1 unspecified atom stereocenters. The van der Waals surface area contributed by atoms with Crippen LogP contribution in [-0.2, 0) is 0 Å². The highest BCUT2D eigenvalue weighted by molar-refractivity contribution is 9.11. The van der Waals surface area contributed by atoms with Gasteiger partial charge in [-0.25, -0.2) is 0 Å². The van der Waals surface area contributed by atoms with Crippen molar-refractivity contribution in [2.45, 2.75) is 4.83 Å². The number of benzene rings is 2. The normalized spacial score (nSPS) is 12.8. The zero-order valence-corrected chi connectivity index (χ0v) is 15.3. The zero-order chi connectivity index (χ0) is 13.4. The van der Waals surface area contributed by atoms with E-state index in [-0.39, 0.29) is 4.83 Å². The van der Waals surface area contributed by atoms with Crippen LogP contribution in [0.3, 0.4) is 0 Å². The molecule has 0 aliphatic rings. The second-order valence-electron chi connectivity index (χ2n) is 4.21. The van der Waals surface area contributed by atoms with Crippen molar-refractivity contribution in [1.29, 1.82) is 0 Å². The van der Waals surface area contributed by atoms with Gasteiger partial charge in [0, 0.05) is 18.5 Å². The molecule has 1 aromatic heterocycles. The lowest BCUT2D eigenvalue weighted by Gasteiger charge is -2.10. The molecule has 0 bridgehead atoms. The van der Waals surface area contributed by atoms with E-state index in [1.165, 1.54) is 20.5 Å². The third kappa shape index (κ3) is 2.82. The van der Waals surface area contributed by atoms with Gasteiger partial charge < -0.3 is 0 Å². The number of hydrogen-bond acceptors (Lipinski definition) is 1. The van der Waals surface area contributed by atoms with Gasteiger partial charge in [-0.05, 0) is 41.3 Å². The molecule has 0 radical (unpaired) electrons. The van der Waals surface area contributed by atoms with Crippen molar-refractivity contribution in [3.05, 3.63) is 67.9 Å². The number of fused-ring (bicyclic) bond motifs is 1. The van der Waals surface area contributed by atoms with Gasteiger partial charge in [0.15, 0.2) is 0 Å². The maximum absolute atomic E-state index is 3.82. The van der Waals surface area contributed by atoms with Crippen molar-refractivity contribution in [3.8, 4) is 0 Å². The number of hydrogen-bond donors (Lipinski definition) is 0. The molecule has 3 rings (SSSR count). The van der Waals surface area contributed by atoms with E-state index >= 15 is 0 Å². The summed E-state index contributed by atoms with van der Waals surface area (Å²) in [7, 11) is 0. The highest BCUT2D eigenvalue weighted by Gasteiger charge is 2.16. The Morgan fingerprint density at radius 2 is 1.74 bits per heavy atom. The van der Waals surface area contributed by atoms with Crippen LogP contribution in [0.2, 0.25) is 0 Å². The first kappa shape index (κ1) is 13.8. The predicted octanol–water partition coefficient (Wildman–Crippen LogP) is 6.91. The van der Waals surface area contributed by atoms with Gasteiger partial charge in [-0.1, -0.05) is 66.0 Å². The molecule has 1 atom stereocenters. The highest BCUT2D eigenvalue weighted by Crippen LogP contribution is 2.41. The van der Waals surface area contributed by atoms with Crippen LogP contribution in [0.1, 0.15) is 15.3 Å². The van der Waals surface area contributed by atoms with Crippen LogP contribution >= 0.6 is 59.1 Å². The topological polar surface area (TPSA) is 0 Å². The first-order valence-electron chi connectivity index (χ1n) is 5.72. The predicted molar refractivity (Wildman–Crippen MR) is 94.4 cm³/mol. The number of halogens is 3. The molecule has 0 saturated carbocycles. The van der Waals surface area contributed by atoms with E-state index in [2.05, 4.69) is 90.3 Å². The first-order chi connectivity index (χ1) is 9.15. The van der Waals surface area contributed by atoms with Crippen LogP contribution in [0.5, 0.6) is 0 Å². The van der Waals surface area contributed by atoms with E-state index in [1.54, 1.807) is 0 Å². The van der Waals surface area contributed by atoms with Gasteiger partial charge in [0.2, 0.25) is 0 Å². The summed E-state index contributed by atoms with van der Waals surface area (Å²) in [5.41, 5.74) is 1.24. The molecular weight excluding hydrogens is 452 g/mol. The first-order valence-corrected chi connectivity index (χ1v) is 9.04. The molecule has 0 fully saturated rings. The minimum atomic E-state index is 0.205. The summed E-state index contributed by atoms with van der Waals surface area (Å²) in [6.07, 6.45) is 0. The molecule has 2 aromatic carbocycles. The van der Waals surface area contributed by atoms with Crippen molar-refractivity contribution in [2.24, 2.45) is 0 Å². The molecule has 0 nitrogen and oxygen atoms in total. The van der Waals surface area contributed by atoms with Gasteiger partial charge in [-0.2, -0.15) is 0 Å². The van der Waals surface area contributed by atoms with Crippen molar-refractivity contribution < 1.29 is 0 Å². The molecule has 3 aromatic rings. The molecule has 96 valence electrons. The fourth-order valence-corrected chi connectivity index (χ4v) is 5.00. The van der Waals surface area contributed by atoms with E-state index < -0.39 is 0 Å². The quantitative estimate of drug-likeness (QED) is 0.364. The van der Waals surface area contributed by atoms with Crippen LogP contribution in [0.15, 0.2) is 57.5 Å². The molecule has 0 aliphatic heterocycles. The third-order valence-electron chi connectivity index (χ3n) is 2.93. The molecule has 0 saturated heterocycles. The Balaban J connectivity index is 2.07. The average Bonchev–Trinajstić information content (AvgIpc) is 2.84. The SMILES string of the molecule is Brc1ccc(Br)c(C(Br)c2cc3ccccc3s2)c1. The summed E-state index contributed by atoms with van der Waals surface area (Å²) < 4.78 is 3.54. The lowest BCUT2D eigenvalue weighted by molar-refractivity contribution is 1.20. The van der Waals surface area contributed by atoms with E-state index in [9.17, 15) is 0 Å². The Morgan fingerprint density at radius 3 is 2.53 bits per heavy atom. The zero-order valence-electron chi connectivity index (χ0n) is 9.74. The minimum Gasteiger partial charge on any atom is -0.139 e. The van der Waals surface area contributed by atoms with E-state index in [1.807, 2.05) is 17.4 Å². The number of rotatable bonds is 2. The maximum Gasteiger partial charge on any atom is 0.0749 e. The van der Waals surface area contributed by atoms with E-state index in [0.717, 1.165) is 8.95 Å². The van der Waals surface area contributed by atoms with Crippen LogP contribution in [0.4, 0.5) is 0 Å². The summed E-state index contributed by atoms with van der Waals surface area (Å²) in [6, 6.07) is 17.0. The van der Waals surface area contributed by atoms with Crippen LogP contribution in [0, 0.1) is 0 Å². The monoisotopic (exact) mass is 458 g/mol. The molecule has 19 heavy (non-hydrogen) atoms. The van der Waals surface area contributed by atoms with Gasteiger partial charge in [-0.3, -0.25) is 0 Å². The highest BCUT2D eigenvalue weighted by atomic mass is 79.9. The van der Waals surface area contributed by atoms with Crippen molar-refractivity contribution in [2.75, 3.05) is 0 Å². The van der Waals surface area contributed by atoms with Crippen LogP contribution in [-0.4, -0.2) is 0 Å². The molecule has 0 spiro atoms. The van der Waals surface area contributed by atoms with Gasteiger partial charge in [0.05, 0.1) is 4.83 Å². The summed E-state index contributed by atoms with van der Waals surface area (Å²) in [5.74, 6) is 0. The summed E-state index contributed by atoms with van der Waals surface area (Å²) in [5, 5.41) is 1.30. The molecular formula is C15H9Br3S. The Hall–Kier alpha value is -0.160. The Morgan fingerprint density at radius 1 is 0.947 bits per heavy atom.